The molecule has 0 N–H and O–H groups in total. The molecule has 7 rings (SSSR count). The molecular formula is C35H24O6. The Morgan fingerprint density at radius 2 is 1.46 bits per heavy atom. The van der Waals surface area contributed by atoms with Gasteiger partial charge in [0.05, 0.1) is 23.1 Å². The van der Waals surface area contributed by atoms with E-state index < -0.39 is 34.6 Å². The van der Waals surface area contributed by atoms with Gasteiger partial charge in [0.25, 0.3) is 0 Å². The van der Waals surface area contributed by atoms with Crippen molar-refractivity contribution in [3.05, 3.63) is 143 Å². The van der Waals surface area contributed by atoms with Crippen molar-refractivity contribution in [3.8, 4) is 22.6 Å². The number of esters is 1. The first kappa shape index (κ1) is 24.8. The maximum atomic E-state index is 14.6. The largest absolute Gasteiger partial charge is 0.492 e. The van der Waals surface area contributed by atoms with Gasteiger partial charge in [-0.1, -0.05) is 84.9 Å². The smallest absolute Gasteiger partial charge is 0.343 e. The normalized spacial score (nSPS) is 21.4. The van der Waals surface area contributed by atoms with Crippen molar-refractivity contribution >= 4 is 22.7 Å². The second-order valence-corrected chi connectivity index (χ2v) is 10.3. The first-order chi connectivity index (χ1) is 20.0. The minimum absolute atomic E-state index is 0.0639. The van der Waals surface area contributed by atoms with E-state index >= 15 is 0 Å². The van der Waals surface area contributed by atoms with Gasteiger partial charge in [0.1, 0.15) is 17.1 Å². The molecule has 5 aromatic rings. The highest BCUT2D eigenvalue weighted by Crippen LogP contribution is 2.56. The summed E-state index contributed by atoms with van der Waals surface area (Å²) in [7, 11) is 0. The van der Waals surface area contributed by atoms with Gasteiger partial charge in [-0.2, -0.15) is 0 Å². The molecule has 1 spiro atoms. The Hall–Kier alpha value is -5.23. The summed E-state index contributed by atoms with van der Waals surface area (Å²) in [4.78, 5) is 42.7. The van der Waals surface area contributed by atoms with E-state index in [0.29, 0.717) is 16.5 Å². The number of rotatable bonds is 3. The van der Waals surface area contributed by atoms with Crippen LogP contribution >= 0.6 is 0 Å². The Bertz CT molecular complexity index is 1900. The topological polar surface area (TPSA) is 82.8 Å². The van der Waals surface area contributed by atoms with E-state index in [-0.39, 0.29) is 29.2 Å². The zero-order chi connectivity index (χ0) is 28.1. The average molecular weight is 541 g/mol. The average Bonchev–Trinajstić information content (AvgIpc) is 3.17. The second-order valence-electron chi connectivity index (χ2n) is 10.3. The van der Waals surface area contributed by atoms with Crippen molar-refractivity contribution < 1.29 is 23.5 Å². The van der Waals surface area contributed by atoms with Gasteiger partial charge in [0.15, 0.2) is 11.2 Å². The third kappa shape index (κ3) is 3.61. The van der Waals surface area contributed by atoms with Crippen LogP contribution in [0, 0.1) is 11.3 Å². The van der Waals surface area contributed by atoms with E-state index in [1.807, 2.05) is 60.7 Å². The first-order valence-electron chi connectivity index (χ1n) is 13.4. The fraction of sp³-hybridized carbons (Fsp3) is 0.114. The van der Waals surface area contributed by atoms with Gasteiger partial charge in [0.2, 0.25) is 0 Å². The van der Waals surface area contributed by atoms with Gasteiger partial charge in [-0.05, 0) is 41.0 Å². The van der Waals surface area contributed by atoms with Crippen molar-refractivity contribution in [2.75, 3.05) is 6.61 Å². The van der Waals surface area contributed by atoms with E-state index in [9.17, 15) is 14.4 Å². The molecule has 0 amide bonds. The summed E-state index contributed by atoms with van der Waals surface area (Å²) in [5, 5.41) is 0.574. The molecular weight excluding hydrogens is 516 g/mol. The predicted octanol–water partition coefficient (Wildman–Crippen LogP) is 6.57. The molecule has 0 saturated carbocycles. The quantitative estimate of drug-likeness (QED) is 0.0846. The maximum Gasteiger partial charge on any atom is 0.343 e. The van der Waals surface area contributed by atoms with E-state index in [4.69, 9.17) is 13.9 Å². The van der Waals surface area contributed by atoms with Gasteiger partial charge in [-0.3, -0.25) is 9.59 Å². The molecule has 0 saturated heterocycles. The number of carbonyl (C=O) groups excluding carboxylic acids is 2. The van der Waals surface area contributed by atoms with Crippen molar-refractivity contribution in [3.63, 3.8) is 0 Å². The van der Waals surface area contributed by atoms with E-state index in [0.717, 1.165) is 11.1 Å². The summed E-state index contributed by atoms with van der Waals surface area (Å²) in [6.45, 7) is 3.92. The number of fused-ring (bicyclic) bond motifs is 4. The Labute approximate surface area is 235 Å². The van der Waals surface area contributed by atoms with Crippen LogP contribution in [0.3, 0.4) is 0 Å². The molecule has 6 heteroatoms. The van der Waals surface area contributed by atoms with Crippen LogP contribution in [0.4, 0.5) is 0 Å². The van der Waals surface area contributed by atoms with Crippen LogP contribution < -0.4 is 15.1 Å². The SMILES string of the molecule is C=C[C@H]1COc2c(c(=O)oc3ccccc23)[C@H](c2ccc(-c3ccccc3)cc2)[C@]12C(=O)Oc1ccccc1C2=O. The van der Waals surface area contributed by atoms with Gasteiger partial charge < -0.3 is 13.9 Å². The summed E-state index contributed by atoms with van der Waals surface area (Å²) >= 11 is 0. The number of para-hydroxylation sites is 2. The molecule has 200 valence electrons. The van der Waals surface area contributed by atoms with Crippen LogP contribution in [0.15, 0.2) is 125 Å². The van der Waals surface area contributed by atoms with Crippen LogP contribution in [0.25, 0.3) is 22.1 Å². The van der Waals surface area contributed by atoms with E-state index in [1.54, 1.807) is 48.5 Å². The lowest BCUT2D eigenvalue weighted by Crippen LogP contribution is -2.55. The number of carbonyl (C=O) groups is 2. The fourth-order valence-corrected chi connectivity index (χ4v) is 6.28. The highest BCUT2D eigenvalue weighted by Gasteiger charge is 2.63. The van der Waals surface area contributed by atoms with Crippen molar-refractivity contribution in [1.29, 1.82) is 0 Å². The van der Waals surface area contributed by atoms with Crippen LogP contribution in [0.2, 0.25) is 0 Å². The molecule has 4 aromatic carbocycles. The summed E-state index contributed by atoms with van der Waals surface area (Å²) in [6, 6.07) is 31.1. The third-order valence-electron chi connectivity index (χ3n) is 8.22. The number of ether oxygens (including phenoxy) is 2. The molecule has 0 bridgehead atoms. The third-order valence-corrected chi connectivity index (χ3v) is 8.22. The van der Waals surface area contributed by atoms with Gasteiger partial charge in [0, 0.05) is 11.8 Å². The molecule has 2 aliphatic heterocycles. The number of hydrogen-bond acceptors (Lipinski definition) is 6. The zero-order valence-electron chi connectivity index (χ0n) is 21.9. The Balaban J connectivity index is 1.55. The lowest BCUT2D eigenvalue weighted by Gasteiger charge is -2.42. The van der Waals surface area contributed by atoms with Gasteiger partial charge in [-0.15, -0.1) is 6.58 Å². The molecule has 3 heterocycles. The van der Waals surface area contributed by atoms with Crippen LogP contribution in [0.5, 0.6) is 11.5 Å². The highest BCUT2D eigenvalue weighted by molar-refractivity contribution is 6.18. The summed E-state index contributed by atoms with van der Waals surface area (Å²) in [5.41, 5.74) is 0.700. The molecule has 0 aliphatic carbocycles. The summed E-state index contributed by atoms with van der Waals surface area (Å²) in [5.74, 6) is -2.63. The van der Waals surface area contributed by atoms with E-state index in [1.165, 1.54) is 0 Å². The van der Waals surface area contributed by atoms with E-state index in [2.05, 4.69) is 6.58 Å². The minimum Gasteiger partial charge on any atom is -0.492 e. The molecule has 41 heavy (non-hydrogen) atoms. The predicted molar refractivity (Wildman–Crippen MR) is 154 cm³/mol. The summed E-state index contributed by atoms with van der Waals surface area (Å²) < 4.78 is 18.0. The Morgan fingerprint density at radius 1 is 0.780 bits per heavy atom. The molecule has 0 fully saturated rings. The fourth-order valence-electron chi connectivity index (χ4n) is 6.28. The van der Waals surface area contributed by atoms with Crippen molar-refractivity contribution in [2.45, 2.75) is 5.92 Å². The van der Waals surface area contributed by atoms with Crippen LogP contribution in [-0.4, -0.2) is 18.4 Å². The first-order valence-corrected chi connectivity index (χ1v) is 13.4. The zero-order valence-corrected chi connectivity index (χ0v) is 21.9. The number of Topliss-reactive ketones (excluding diaryl/α,β-unsaturated/α-hetero) is 1. The van der Waals surface area contributed by atoms with Crippen molar-refractivity contribution in [2.24, 2.45) is 11.3 Å². The summed E-state index contributed by atoms with van der Waals surface area (Å²) in [6.07, 6.45) is 1.55. The van der Waals surface area contributed by atoms with Gasteiger partial charge >= 0.3 is 11.6 Å². The highest BCUT2D eigenvalue weighted by atomic mass is 16.5. The minimum atomic E-state index is -1.87. The molecule has 1 aromatic heterocycles. The Kier molecular flexibility index (Phi) is 5.71. The van der Waals surface area contributed by atoms with Crippen molar-refractivity contribution in [1.82, 2.24) is 0 Å². The molecule has 0 unspecified atom stereocenters. The monoisotopic (exact) mass is 540 g/mol. The molecule has 2 aliphatic rings. The molecule has 3 atom stereocenters. The molecule has 6 nitrogen and oxygen atoms in total. The lowest BCUT2D eigenvalue weighted by atomic mass is 9.58. The number of benzene rings is 4. The van der Waals surface area contributed by atoms with Gasteiger partial charge in [-0.25, -0.2) is 4.79 Å². The van der Waals surface area contributed by atoms with Crippen LogP contribution in [0.1, 0.15) is 27.4 Å². The molecule has 0 radical (unpaired) electrons. The number of ketones is 1. The number of hydrogen-bond donors (Lipinski definition) is 0. The second kappa shape index (κ2) is 9.45. The lowest BCUT2D eigenvalue weighted by molar-refractivity contribution is -0.147. The Morgan fingerprint density at radius 3 is 2.24 bits per heavy atom. The standard InChI is InChI=1S/C35H24O6/c1-2-24-20-39-31-25-12-6-8-14-27(25)40-33(37)29(31)30(23-18-16-22(17-19-23)21-10-4-3-5-11-21)35(24)32(36)26-13-7-9-15-28(26)41-34(35)38/h2-19,24,30H,1,20H2/t24-,30-,35+/m0/s1. The van der Waals surface area contributed by atoms with Crippen LogP contribution in [-0.2, 0) is 4.79 Å². The maximum absolute atomic E-state index is 14.6.